The van der Waals surface area contributed by atoms with E-state index in [4.69, 9.17) is 4.99 Å². The van der Waals surface area contributed by atoms with Crippen LogP contribution >= 0.6 is 11.8 Å². The normalized spacial score (nSPS) is 16.3. The molecule has 0 aromatic heterocycles. The number of hydrogen-bond acceptors (Lipinski definition) is 4. The first kappa shape index (κ1) is 22.1. The van der Waals surface area contributed by atoms with Crippen molar-refractivity contribution < 1.29 is 4.79 Å². The summed E-state index contributed by atoms with van der Waals surface area (Å²) in [5, 5.41) is 3.10. The molecule has 1 saturated carbocycles. The second kappa shape index (κ2) is 10.5. The molecular formula is C26H33N3OS. The minimum Gasteiger partial charge on any atom is -0.352 e. The van der Waals surface area contributed by atoms with Crippen molar-refractivity contribution in [1.82, 2.24) is 10.2 Å². The molecule has 2 aliphatic rings. The van der Waals surface area contributed by atoms with E-state index < -0.39 is 0 Å². The van der Waals surface area contributed by atoms with Gasteiger partial charge in [-0.05, 0) is 63.5 Å². The van der Waals surface area contributed by atoms with Crippen LogP contribution in [-0.4, -0.2) is 42.7 Å². The molecule has 1 amide bonds. The van der Waals surface area contributed by atoms with Crippen LogP contribution < -0.4 is 5.32 Å². The Bertz CT molecular complexity index is 949. The predicted molar refractivity (Wildman–Crippen MR) is 130 cm³/mol. The lowest BCUT2D eigenvalue weighted by atomic mass is 9.94. The summed E-state index contributed by atoms with van der Waals surface area (Å²) in [5.41, 5.74) is 3.84. The van der Waals surface area contributed by atoms with E-state index in [1.54, 1.807) is 11.8 Å². The SMILES string of the molecule is CCC1=Nc2cc(C(=O)NCCCN(C)C3CCCCC3)ccc2Sc2ccccc21. The average Bonchev–Trinajstić information content (AvgIpc) is 2.98. The summed E-state index contributed by atoms with van der Waals surface area (Å²) in [4.78, 5) is 22.5. The van der Waals surface area contributed by atoms with Crippen LogP contribution in [0.4, 0.5) is 5.69 Å². The first-order valence-electron chi connectivity index (χ1n) is 11.6. The Labute approximate surface area is 190 Å². The third-order valence-electron chi connectivity index (χ3n) is 6.40. The van der Waals surface area contributed by atoms with Crippen LogP contribution in [0.25, 0.3) is 0 Å². The highest BCUT2D eigenvalue weighted by Crippen LogP contribution is 2.41. The third kappa shape index (κ3) is 5.39. The van der Waals surface area contributed by atoms with Gasteiger partial charge in [-0.25, -0.2) is 0 Å². The summed E-state index contributed by atoms with van der Waals surface area (Å²) < 4.78 is 0. The average molecular weight is 436 g/mol. The number of carbonyl (C=O) groups is 1. The minimum absolute atomic E-state index is 0.0110. The molecule has 1 aliphatic heterocycles. The highest BCUT2D eigenvalue weighted by molar-refractivity contribution is 7.99. The van der Waals surface area contributed by atoms with Gasteiger partial charge in [0, 0.05) is 39.2 Å². The molecule has 0 bridgehead atoms. The van der Waals surface area contributed by atoms with E-state index in [9.17, 15) is 4.79 Å². The third-order valence-corrected chi connectivity index (χ3v) is 7.54. The monoisotopic (exact) mass is 435 g/mol. The summed E-state index contributed by atoms with van der Waals surface area (Å²) >= 11 is 1.73. The van der Waals surface area contributed by atoms with Crippen molar-refractivity contribution in [2.24, 2.45) is 4.99 Å². The number of nitrogens with one attached hydrogen (secondary N) is 1. The van der Waals surface area contributed by atoms with E-state index in [0.29, 0.717) is 12.1 Å². The summed E-state index contributed by atoms with van der Waals surface area (Å²) in [7, 11) is 2.23. The van der Waals surface area contributed by atoms with Gasteiger partial charge in [-0.15, -0.1) is 0 Å². The van der Waals surface area contributed by atoms with E-state index in [2.05, 4.69) is 48.5 Å². The van der Waals surface area contributed by atoms with Gasteiger partial charge < -0.3 is 10.2 Å². The largest absolute Gasteiger partial charge is 0.352 e. The fourth-order valence-electron chi connectivity index (χ4n) is 4.56. The molecular weight excluding hydrogens is 402 g/mol. The maximum absolute atomic E-state index is 12.8. The van der Waals surface area contributed by atoms with Crippen molar-refractivity contribution in [3.8, 4) is 0 Å². The number of nitrogens with zero attached hydrogens (tertiary/aromatic N) is 2. The Kier molecular flexibility index (Phi) is 7.46. The Morgan fingerprint density at radius 2 is 1.94 bits per heavy atom. The molecule has 1 heterocycles. The molecule has 0 radical (unpaired) electrons. The summed E-state index contributed by atoms with van der Waals surface area (Å²) in [6.45, 7) is 3.87. The number of fused-ring (bicyclic) bond motifs is 2. The van der Waals surface area contributed by atoms with Crippen molar-refractivity contribution in [1.29, 1.82) is 0 Å². The highest BCUT2D eigenvalue weighted by Gasteiger charge is 2.19. The van der Waals surface area contributed by atoms with Gasteiger partial charge >= 0.3 is 0 Å². The van der Waals surface area contributed by atoms with Crippen LogP contribution in [0.3, 0.4) is 0 Å². The number of aliphatic imine (C=N–C) groups is 1. The first-order valence-corrected chi connectivity index (χ1v) is 12.4. The second-order valence-electron chi connectivity index (χ2n) is 8.57. The van der Waals surface area contributed by atoms with Crippen molar-refractivity contribution in [3.63, 3.8) is 0 Å². The van der Waals surface area contributed by atoms with Gasteiger partial charge in [-0.2, -0.15) is 0 Å². The molecule has 0 atom stereocenters. The Hall–Kier alpha value is -2.11. The Morgan fingerprint density at radius 1 is 1.13 bits per heavy atom. The van der Waals surface area contributed by atoms with Gasteiger partial charge in [-0.1, -0.05) is 56.1 Å². The molecule has 0 spiro atoms. The standard InChI is InChI=1S/C26H33N3OS/c1-3-22-21-12-7-8-13-24(21)31-25-15-14-19(18-23(25)28-22)26(30)27-16-9-17-29(2)20-10-5-4-6-11-20/h7-8,12-15,18,20H,3-6,9-11,16-17H2,1-2H3,(H,27,30). The van der Waals surface area contributed by atoms with Crippen LogP contribution in [-0.2, 0) is 0 Å². The molecule has 4 nitrogen and oxygen atoms in total. The molecule has 2 aromatic rings. The Balaban J connectivity index is 1.37. The maximum atomic E-state index is 12.8. The zero-order valence-corrected chi connectivity index (χ0v) is 19.5. The van der Waals surface area contributed by atoms with E-state index in [1.807, 2.05) is 18.2 Å². The van der Waals surface area contributed by atoms with E-state index in [1.165, 1.54) is 42.6 Å². The smallest absolute Gasteiger partial charge is 0.251 e. The predicted octanol–water partition coefficient (Wildman–Crippen LogP) is 6.07. The molecule has 1 N–H and O–H groups in total. The summed E-state index contributed by atoms with van der Waals surface area (Å²) in [6.07, 6.45) is 8.58. The number of benzene rings is 2. The molecule has 31 heavy (non-hydrogen) atoms. The lowest BCUT2D eigenvalue weighted by molar-refractivity contribution is 0.0950. The van der Waals surface area contributed by atoms with Crippen LogP contribution in [0.15, 0.2) is 57.2 Å². The van der Waals surface area contributed by atoms with E-state index >= 15 is 0 Å². The lowest BCUT2D eigenvalue weighted by Gasteiger charge is -2.31. The van der Waals surface area contributed by atoms with Gasteiger partial charge in [-0.3, -0.25) is 9.79 Å². The van der Waals surface area contributed by atoms with Crippen LogP contribution in [0.5, 0.6) is 0 Å². The van der Waals surface area contributed by atoms with Crippen LogP contribution in [0, 0.1) is 0 Å². The molecule has 164 valence electrons. The molecule has 1 aliphatic carbocycles. The van der Waals surface area contributed by atoms with Gasteiger partial charge in [0.25, 0.3) is 5.91 Å². The molecule has 0 saturated heterocycles. The number of amides is 1. The van der Waals surface area contributed by atoms with Crippen molar-refractivity contribution in [3.05, 3.63) is 53.6 Å². The van der Waals surface area contributed by atoms with Crippen molar-refractivity contribution >= 4 is 29.1 Å². The van der Waals surface area contributed by atoms with E-state index in [0.717, 1.165) is 41.7 Å². The van der Waals surface area contributed by atoms with Gasteiger partial charge in [0.15, 0.2) is 0 Å². The number of carbonyl (C=O) groups excluding carboxylic acids is 1. The minimum atomic E-state index is -0.0110. The summed E-state index contributed by atoms with van der Waals surface area (Å²) in [6, 6.07) is 15.0. The molecule has 1 fully saturated rings. The lowest BCUT2D eigenvalue weighted by Crippen LogP contribution is -2.35. The van der Waals surface area contributed by atoms with Crippen LogP contribution in [0.2, 0.25) is 0 Å². The summed E-state index contributed by atoms with van der Waals surface area (Å²) in [5.74, 6) is -0.0110. The van der Waals surface area contributed by atoms with Crippen LogP contribution in [0.1, 0.15) is 67.8 Å². The van der Waals surface area contributed by atoms with Crippen molar-refractivity contribution in [2.75, 3.05) is 20.1 Å². The second-order valence-corrected chi connectivity index (χ2v) is 9.66. The quantitative estimate of drug-likeness (QED) is 0.537. The topological polar surface area (TPSA) is 44.7 Å². The molecule has 5 heteroatoms. The molecule has 2 aromatic carbocycles. The van der Waals surface area contributed by atoms with Gasteiger partial charge in [0.1, 0.15) is 0 Å². The fourth-order valence-corrected chi connectivity index (χ4v) is 5.58. The number of rotatable bonds is 7. The van der Waals surface area contributed by atoms with Crippen molar-refractivity contribution in [2.45, 2.75) is 67.7 Å². The Morgan fingerprint density at radius 3 is 2.74 bits per heavy atom. The highest BCUT2D eigenvalue weighted by atomic mass is 32.2. The number of hydrogen-bond donors (Lipinski definition) is 1. The first-order chi connectivity index (χ1) is 15.2. The maximum Gasteiger partial charge on any atom is 0.251 e. The van der Waals surface area contributed by atoms with Gasteiger partial charge in [0.05, 0.1) is 5.69 Å². The molecule has 0 unspecified atom stereocenters. The van der Waals surface area contributed by atoms with E-state index in [-0.39, 0.29) is 5.91 Å². The zero-order chi connectivity index (χ0) is 21.6. The van der Waals surface area contributed by atoms with Gasteiger partial charge in [0.2, 0.25) is 0 Å². The fraction of sp³-hybridized carbons (Fsp3) is 0.462. The zero-order valence-electron chi connectivity index (χ0n) is 18.7. The molecule has 4 rings (SSSR count).